The van der Waals surface area contributed by atoms with E-state index in [1.165, 1.54) is 0 Å². The molecule has 1 heterocycles. The lowest BCUT2D eigenvalue weighted by molar-refractivity contribution is -0.144. The Hall–Kier alpha value is -1.60. The smallest absolute Gasteiger partial charge is 0.332 e. The molecule has 1 aliphatic rings. The summed E-state index contributed by atoms with van der Waals surface area (Å²) in [6.45, 7) is 4.14. The van der Waals surface area contributed by atoms with Crippen molar-refractivity contribution in [3.63, 3.8) is 0 Å². The fraction of sp³-hybridized carbons (Fsp3) is 0.429. The van der Waals surface area contributed by atoms with Gasteiger partial charge in [0.1, 0.15) is 0 Å². The number of carbonyl (C=O) groups excluding carboxylic acids is 1. The number of carboxylic acids is 1. The number of amides is 2. The Morgan fingerprint density at radius 1 is 1.33 bits per heavy atom. The first-order valence-corrected chi connectivity index (χ1v) is 7.30. The molecule has 0 spiro atoms. The lowest BCUT2D eigenvalue weighted by Crippen LogP contribution is -2.56. The minimum Gasteiger partial charge on any atom is -0.479 e. The number of halogens is 1. The van der Waals surface area contributed by atoms with E-state index in [0.29, 0.717) is 12.3 Å². The maximum Gasteiger partial charge on any atom is 0.332 e. The van der Waals surface area contributed by atoms with E-state index in [4.69, 9.17) is 4.74 Å². The summed E-state index contributed by atoms with van der Waals surface area (Å²) in [5.41, 5.74) is 1.25. The molecule has 0 aromatic heterocycles. The zero-order valence-electron chi connectivity index (χ0n) is 11.8. The van der Waals surface area contributed by atoms with Crippen molar-refractivity contribution in [2.75, 3.05) is 18.5 Å². The molecule has 114 valence electrons. The van der Waals surface area contributed by atoms with Gasteiger partial charge in [0.15, 0.2) is 5.54 Å². The minimum atomic E-state index is -1.34. The number of carbonyl (C=O) groups is 2. The summed E-state index contributed by atoms with van der Waals surface area (Å²) in [5, 5.41) is 14.4. The van der Waals surface area contributed by atoms with Crippen molar-refractivity contribution in [1.29, 1.82) is 0 Å². The molecule has 0 radical (unpaired) electrons. The molecule has 2 rings (SSSR count). The van der Waals surface area contributed by atoms with Gasteiger partial charge in [0.25, 0.3) is 0 Å². The third-order valence-corrected chi connectivity index (χ3v) is 4.73. The highest BCUT2D eigenvalue weighted by Gasteiger charge is 2.44. The lowest BCUT2D eigenvalue weighted by Gasteiger charge is -2.24. The quantitative estimate of drug-likeness (QED) is 0.775. The normalized spacial score (nSPS) is 21.1. The van der Waals surface area contributed by atoms with Crippen LogP contribution in [-0.2, 0) is 9.53 Å². The van der Waals surface area contributed by atoms with Gasteiger partial charge in [-0.25, -0.2) is 9.59 Å². The molecule has 6 nitrogen and oxygen atoms in total. The van der Waals surface area contributed by atoms with E-state index in [1.54, 1.807) is 0 Å². The van der Waals surface area contributed by atoms with Crippen molar-refractivity contribution < 1.29 is 19.4 Å². The van der Waals surface area contributed by atoms with Gasteiger partial charge in [-0.15, -0.1) is 0 Å². The van der Waals surface area contributed by atoms with Gasteiger partial charge in [0, 0.05) is 23.2 Å². The maximum atomic E-state index is 12.0. The molecule has 2 amide bonds. The number of benzene rings is 1. The van der Waals surface area contributed by atoms with Crippen LogP contribution in [-0.4, -0.2) is 35.9 Å². The number of aryl methyl sites for hydroxylation is 2. The molecule has 1 atom stereocenters. The Balaban J connectivity index is 2.10. The van der Waals surface area contributed by atoms with Crippen molar-refractivity contribution in [2.45, 2.75) is 25.8 Å². The van der Waals surface area contributed by atoms with E-state index in [-0.39, 0.29) is 13.0 Å². The first kappa shape index (κ1) is 15.8. The number of aliphatic carboxylic acids is 1. The summed E-state index contributed by atoms with van der Waals surface area (Å²) >= 11 is 3.46. The van der Waals surface area contributed by atoms with E-state index in [2.05, 4.69) is 26.6 Å². The topological polar surface area (TPSA) is 87.7 Å². The third-order valence-electron chi connectivity index (χ3n) is 3.48. The Morgan fingerprint density at radius 2 is 1.95 bits per heavy atom. The number of hydrogen-bond acceptors (Lipinski definition) is 3. The van der Waals surface area contributed by atoms with Gasteiger partial charge < -0.3 is 20.5 Å². The lowest BCUT2D eigenvalue weighted by atomic mass is 9.99. The fourth-order valence-electron chi connectivity index (χ4n) is 2.28. The molecule has 0 bridgehead atoms. The number of urea groups is 1. The summed E-state index contributed by atoms with van der Waals surface area (Å²) in [6, 6.07) is 3.08. The summed E-state index contributed by atoms with van der Waals surface area (Å²) < 4.78 is 6.08. The van der Waals surface area contributed by atoms with Crippen molar-refractivity contribution in [3.05, 3.63) is 27.7 Å². The fourth-order valence-corrected chi connectivity index (χ4v) is 2.51. The predicted octanol–water partition coefficient (Wildman–Crippen LogP) is 2.43. The largest absolute Gasteiger partial charge is 0.479 e. The average Bonchev–Trinajstić information content (AvgIpc) is 2.85. The zero-order chi connectivity index (χ0) is 15.6. The van der Waals surface area contributed by atoms with Crippen LogP contribution in [0.2, 0.25) is 0 Å². The van der Waals surface area contributed by atoms with Crippen LogP contribution in [0.25, 0.3) is 0 Å². The predicted molar refractivity (Wildman–Crippen MR) is 81.6 cm³/mol. The molecule has 1 saturated heterocycles. The molecule has 21 heavy (non-hydrogen) atoms. The number of carboxylic acid groups (broad SMARTS) is 1. The number of anilines is 1. The summed E-state index contributed by atoms with van der Waals surface area (Å²) in [5.74, 6) is -1.08. The average molecular weight is 357 g/mol. The molecule has 1 aromatic rings. The van der Waals surface area contributed by atoms with Crippen LogP contribution in [0.15, 0.2) is 16.6 Å². The van der Waals surface area contributed by atoms with Gasteiger partial charge in [0.2, 0.25) is 0 Å². The van der Waals surface area contributed by atoms with Crippen molar-refractivity contribution in [2.24, 2.45) is 0 Å². The first-order valence-electron chi connectivity index (χ1n) is 6.51. The molecular weight excluding hydrogens is 340 g/mol. The highest BCUT2D eigenvalue weighted by Crippen LogP contribution is 2.25. The standard InChI is InChI=1S/C14H17BrN2O4/c1-8-5-10(6-9(2)11(8)15)16-13(20)17-14(12(18)19)3-4-21-7-14/h5-6H,3-4,7H2,1-2H3,(H,18,19)(H2,16,17,20). The Kier molecular flexibility index (Phi) is 4.53. The van der Waals surface area contributed by atoms with Crippen LogP contribution in [0.3, 0.4) is 0 Å². The molecule has 1 unspecified atom stereocenters. The molecule has 3 N–H and O–H groups in total. The summed E-state index contributed by atoms with van der Waals surface area (Å²) in [6.07, 6.45) is 0.258. The van der Waals surface area contributed by atoms with Gasteiger partial charge in [0.05, 0.1) is 6.61 Å². The number of rotatable bonds is 3. The second-order valence-corrected chi connectivity index (χ2v) is 5.99. The van der Waals surface area contributed by atoms with Crippen molar-refractivity contribution >= 4 is 33.6 Å². The van der Waals surface area contributed by atoms with Gasteiger partial charge in [-0.05, 0) is 37.1 Å². The van der Waals surface area contributed by atoms with Gasteiger partial charge >= 0.3 is 12.0 Å². The second kappa shape index (κ2) is 6.03. The number of ether oxygens (including phenoxy) is 1. The summed E-state index contributed by atoms with van der Waals surface area (Å²) in [4.78, 5) is 23.4. The molecule has 1 aliphatic heterocycles. The van der Waals surface area contributed by atoms with Gasteiger partial charge in [-0.3, -0.25) is 0 Å². The van der Waals surface area contributed by atoms with Gasteiger partial charge in [-0.1, -0.05) is 15.9 Å². The van der Waals surface area contributed by atoms with Crippen molar-refractivity contribution in [3.8, 4) is 0 Å². The van der Waals surface area contributed by atoms with Crippen LogP contribution < -0.4 is 10.6 Å². The SMILES string of the molecule is Cc1cc(NC(=O)NC2(C(=O)O)CCOC2)cc(C)c1Br. The Morgan fingerprint density at radius 3 is 2.43 bits per heavy atom. The minimum absolute atomic E-state index is 0.0197. The molecule has 0 aliphatic carbocycles. The Labute approximate surface area is 131 Å². The van der Waals surface area contributed by atoms with E-state index in [1.807, 2.05) is 26.0 Å². The van der Waals surface area contributed by atoms with Crippen LogP contribution in [0, 0.1) is 13.8 Å². The van der Waals surface area contributed by atoms with E-state index >= 15 is 0 Å². The van der Waals surface area contributed by atoms with Crippen LogP contribution in [0.4, 0.5) is 10.5 Å². The third kappa shape index (κ3) is 3.36. The molecule has 0 saturated carbocycles. The maximum absolute atomic E-state index is 12.0. The van der Waals surface area contributed by atoms with Gasteiger partial charge in [-0.2, -0.15) is 0 Å². The molecular formula is C14H17BrN2O4. The first-order chi connectivity index (χ1) is 9.84. The highest BCUT2D eigenvalue weighted by molar-refractivity contribution is 9.10. The van der Waals surface area contributed by atoms with Crippen LogP contribution in [0.1, 0.15) is 17.5 Å². The number of nitrogens with one attached hydrogen (secondary N) is 2. The molecule has 7 heteroatoms. The second-order valence-electron chi connectivity index (χ2n) is 5.19. The van der Waals surface area contributed by atoms with E-state index in [9.17, 15) is 14.7 Å². The Bertz CT molecular complexity index is 559. The summed E-state index contributed by atoms with van der Waals surface area (Å²) in [7, 11) is 0. The van der Waals surface area contributed by atoms with Crippen LogP contribution >= 0.6 is 15.9 Å². The van der Waals surface area contributed by atoms with Crippen molar-refractivity contribution in [1.82, 2.24) is 5.32 Å². The van der Waals surface area contributed by atoms with Crippen LogP contribution in [0.5, 0.6) is 0 Å². The zero-order valence-corrected chi connectivity index (χ0v) is 13.4. The molecule has 1 fully saturated rings. The monoisotopic (exact) mass is 356 g/mol. The number of hydrogen-bond donors (Lipinski definition) is 3. The highest BCUT2D eigenvalue weighted by atomic mass is 79.9. The van der Waals surface area contributed by atoms with E-state index in [0.717, 1.165) is 15.6 Å². The molecule has 1 aromatic carbocycles. The van der Waals surface area contributed by atoms with E-state index < -0.39 is 17.5 Å².